The van der Waals surface area contributed by atoms with Crippen molar-refractivity contribution >= 4 is 27.5 Å². The highest BCUT2D eigenvalue weighted by Crippen LogP contribution is 2.10. The molecule has 0 radical (unpaired) electrons. The number of hydrogen-bond donors (Lipinski definition) is 1. The first-order valence-corrected chi connectivity index (χ1v) is 7.02. The lowest BCUT2D eigenvalue weighted by molar-refractivity contribution is 0.102. The van der Waals surface area contributed by atoms with E-state index in [0.717, 1.165) is 4.47 Å². The van der Waals surface area contributed by atoms with E-state index >= 15 is 0 Å². The second-order valence-electron chi connectivity index (χ2n) is 4.26. The van der Waals surface area contributed by atoms with Crippen molar-refractivity contribution in [1.82, 2.24) is 9.55 Å². The molecule has 0 aliphatic rings. The third-order valence-corrected chi connectivity index (χ3v) is 3.21. The molecule has 2 rings (SSSR count). The molecular formula is C14H14BrN3O3. The molecule has 21 heavy (non-hydrogen) atoms. The number of halogens is 1. The number of anilines is 1. The minimum atomic E-state index is -0.334. The molecule has 1 amide bonds. The summed E-state index contributed by atoms with van der Waals surface area (Å²) >= 11 is 3.26. The van der Waals surface area contributed by atoms with Gasteiger partial charge in [-0.15, -0.1) is 0 Å². The molecule has 0 aliphatic carbocycles. The van der Waals surface area contributed by atoms with E-state index in [1.54, 1.807) is 37.7 Å². The number of nitrogens with zero attached hydrogens (tertiary/aromatic N) is 2. The van der Waals surface area contributed by atoms with Crippen LogP contribution in [0, 0.1) is 0 Å². The Balaban J connectivity index is 2.13. The standard InChI is InChI=1S/C14H14BrN3O3/c1-21-7-6-18-9-11(3-5-13(18)19)17-14(20)12-4-2-10(15)8-16-12/h2-5,8-9H,6-7H2,1H3,(H,17,20). The van der Waals surface area contributed by atoms with Crippen molar-refractivity contribution in [2.24, 2.45) is 0 Å². The van der Waals surface area contributed by atoms with Gasteiger partial charge in [-0.05, 0) is 34.1 Å². The summed E-state index contributed by atoms with van der Waals surface area (Å²) in [6, 6.07) is 6.31. The number of methoxy groups -OCH3 is 1. The van der Waals surface area contributed by atoms with Crippen LogP contribution < -0.4 is 10.9 Å². The monoisotopic (exact) mass is 351 g/mol. The van der Waals surface area contributed by atoms with Crippen LogP contribution in [0.15, 0.2) is 45.9 Å². The fraction of sp³-hybridized carbons (Fsp3) is 0.214. The van der Waals surface area contributed by atoms with E-state index in [9.17, 15) is 9.59 Å². The van der Waals surface area contributed by atoms with Crippen LogP contribution in [0.3, 0.4) is 0 Å². The first-order valence-electron chi connectivity index (χ1n) is 6.22. The number of rotatable bonds is 5. The second kappa shape index (κ2) is 7.14. The van der Waals surface area contributed by atoms with Crippen molar-refractivity contribution in [3.63, 3.8) is 0 Å². The number of hydrogen-bond acceptors (Lipinski definition) is 4. The molecular weight excluding hydrogens is 338 g/mol. The highest BCUT2D eigenvalue weighted by molar-refractivity contribution is 9.10. The number of aromatic nitrogens is 2. The summed E-state index contributed by atoms with van der Waals surface area (Å²) < 4.78 is 7.22. The summed E-state index contributed by atoms with van der Waals surface area (Å²) in [6.07, 6.45) is 3.13. The van der Waals surface area contributed by atoms with E-state index in [4.69, 9.17) is 4.74 Å². The molecule has 0 atom stereocenters. The van der Waals surface area contributed by atoms with Crippen LogP contribution in [0.4, 0.5) is 5.69 Å². The Bertz CT molecular complexity index is 683. The lowest BCUT2D eigenvalue weighted by atomic mass is 10.3. The van der Waals surface area contributed by atoms with E-state index in [2.05, 4.69) is 26.2 Å². The molecule has 110 valence electrons. The van der Waals surface area contributed by atoms with Crippen molar-refractivity contribution in [1.29, 1.82) is 0 Å². The molecule has 0 unspecified atom stereocenters. The quantitative estimate of drug-likeness (QED) is 0.892. The smallest absolute Gasteiger partial charge is 0.274 e. The normalized spacial score (nSPS) is 10.4. The average Bonchev–Trinajstić information content (AvgIpc) is 2.48. The van der Waals surface area contributed by atoms with E-state index in [-0.39, 0.29) is 11.5 Å². The number of amides is 1. The lowest BCUT2D eigenvalue weighted by Gasteiger charge is -2.09. The van der Waals surface area contributed by atoms with Crippen LogP contribution in [0.1, 0.15) is 10.5 Å². The van der Waals surface area contributed by atoms with Gasteiger partial charge in [0.25, 0.3) is 11.5 Å². The topological polar surface area (TPSA) is 73.2 Å². The summed E-state index contributed by atoms with van der Waals surface area (Å²) in [6.45, 7) is 0.848. The zero-order valence-electron chi connectivity index (χ0n) is 11.4. The maximum Gasteiger partial charge on any atom is 0.274 e. The molecule has 2 aromatic heterocycles. The predicted molar refractivity (Wildman–Crippen MR) is 82.5 cm³/mol. The summed E-state index contributed by atoms with van der Waals surface area (Å²) in [5, 5.41) is 2.70. The van der Waals surface area contributed by atoms with Crippen molar-refractivity contribution in [2.45, 2.75) is 6.54 Å². The Morgan fingerprint density at radius 2 is 2.19 bits per heavy atom. The molecule has 2 heterocycles. The van der Waals surface area contributed by atoms with Crippen LogP contribution in [0.25, 0.3) is 0 Å². The van der Waals surface area contributed by atoms with Gasteiger partial charge >= 0.3 is 0 Å². The molecule has 0 saturated heterocycles. The molecule has 0 fully saturated rings. The van der Waals surface area contributed by atoms with E-state index < -0.39 is 0 Å². The number of carbonyl (C=O) groups is 1. The number of pyridine rings is 2. The Kier molecular flexibility index (Phi) is 5.24. The maximum absolute atomic E-state index is 12.0. The second-order valence-corrected chi connectivity index (χ2v) is 5.17. The van der Waals surface area contributed by atoms with Gasteiger partial charge < -0.3 is 14.6 Å². The third kappa shape index (κ3) is 4.24. The van der Waals surface area contributed by atoms with Gasteiger partial charge in [0, 0.05) is 36.6 Å². The zero-order chi connectivity index (χ0) is 15.2. The first-order chi connectivity index (χ1) is 10.1. The highest BCUT2D eigenvalue weighted by atomic mass is 79.9. The van der Waals surface area contributed by atoms with Gasteiger partial charge in [-0.3, -0.25) is 9.59 Å². The number of ether oxygens (including phenoxy) is 1. The van der Waals surface area contributed by atoms with Gasteiger partial charge in [-0.1, -0.05) is 0 Å². The fourth-order valence-electron chi connectivity index (χ4n) is 1.67. The molecule has 0 bridgehead atoms. The predicted octanol–water partition coefficient (Wildman–Crippen LogP) is 1.90. The van der Waals surface area contributed by atoms with E-state index in [1.165, 1.54) is 10.6 Å². The van der Waals surface area contributed by atoms with Crippen LogP contribution >= 0.6 is 15.9 Å². The van der Waals surface area contributed by atoms with Crippen LogP contribution in [0.2, 0.25) is 0 Å². The molecule has 0 saturated carbocycles. The van der Waals surface area contributed by atoms with Crippen molar-refractivity contribution in [2.75, 3.05) is 19.0 Å². The lowest BCUT2D eigenvalue weighted by Crippen LogP contribution is -2.22. The van der Waals surface area contributed by atoms with Crippen molar-refractivity contribution < 1.29 is 9.53 Å². The molecule has 0 spiro atoms. The molecule has 0 aliphatic heterocycles. The SMILES string of the molecule is COCCn1cc(NC(=O)c2ccc(Br)cn2)ccc1=O. The molecule has 6 nitrogen and oxygen atoms in total. The minimum absolute atomic E-state index is 0.146. The Morgan fingerprint density at radius 1 is 1.38 bits per heavy atom. The summed E-state index contributed by atoms with van der Waals surface area (Å²) in [5.41, 5.74) is 0.681. The Morgan fingerprint density at radius 3 is 2.86 bits per heavy atom. The number of carbonyl (C=O) groups excluding carboxylic acids is 1. The number of nitrogens with one attached hydrogen (secondary N) is 1. The van der Waals surface area contributed by atoms with Gasteiger partial charge in [0.05, 0.1) is 12.3 Å². The van der Waals surface area contributed by atoms with Gasteiger partial charge in [0.2, 0.25) is 0 Å². The highest BCUT2D eigenvalue weighted by Gasteiger charge is 2.08. The third-order valence-electron chi connectivity index (χ3n) is 2.74. The van der Waals surface area contributed by atoms with Crippen LogP contribution in [-0.2, 0) is 11.3 Å². The summed E-state index contributed by atoms with van der Waals surface area (Å²) in [5.74, 6) is -0.334. The largest absolute Gasteiger partial charge is 0.383 e. The van der Waals surface area contributed by atoms with E-state index in [0.29, 0.717) is 24.5 Å². The maximum atomic E-state index is 12.0. The summed E-state index contributed by atoms with van der Waals surface area (Å²) in [7, 11) is 1.57. The van der Waals surface area contributed by atoms with Crippen LogP contribution in [-0.4, -0.2) is 29.2 Å². The first kappa shape index (κ1) is 15.4. The molecule has 2 aromatic rings. The van der Waals surface area contributed by atoms with Crippen molar-refractivity contribution in [3.05, 3.63) is 57.2 Å². The fourth-order valence-corrected chi connectivity index (χ4v) is 1.91. The van der Waals surface area contributed by atoms with Gasteiger partial charge in [0.15, 0.2) is 0 Å². The molecule has 0 aromatic carbocycles. The summed E-state index contributed by atoms with van der Waals surface area (Å²) in [4.78, 5) is 27.7. The minimum Gasteiger partial charge on any atom is -0.383 e. The van der Waals surface area contributed by atoms with Crippen molar-refractivity contribution in [3.8, 4) is 0 Å². The average molecular weight is 352 g/mol. The van der Waals surface area contributed by atoms with Crippen LogP contribution in [0.5, 0.6) is 0 Å². The van der Waals surface area contributed by atoms with Gasteiger partial charge in [-0.25, -0.2) is 4.98 Å². The molecule has 1 N–H and O–H groups in total. The van der Waals surface area contributed by atoms with Gasteiger partial charge in [-0.2, -0.15) is 0 Å². The molecule has 7 heteroatoms. The Labute approximate surface area is 129 Å². The zero-order valence-corrected chi connectivity index (χ0v) is 13.0. The Hall–Kier alpha value is -1.99. The van der Waals surface area contributed by atoms with E-state index in [1.807, 2.05) is 0 Å². The van der Waals surface area contributed by atoms with Gasteiger partial charge in [0.1, 0.15) is 5.69 Å².